The molecular weight excluding hydrogens is 1050 g/mol. The number of aliphatic hydroxyl groups is 19. The lowest BCUT2D eigenvalue weighted by Crippen LogP contribution is -2.71. The normalized spacial score (nSPS) is 43.8. The Labute approximate surface area is 426 Å². The fourth-order valence-corrected chi connectivity index (χ4v) is 9.12. The Morgan fingerprint density at radius 1 is 0.526 bits per heavy atom. The van der Waals surface area contributed by atoms with Gasteiger partial charge in [-0.05, 0) is 0 Å². The van der Waals surface area contributed by atoms with E-state index in [9.17, 15) is 126 Å². The Kier molecular flexibility index (Phi) is 22.4. The molecule has 0 aliphatic carbocycles. The van der Waals surface area contributed by atoms with E-state index >= 15 is 0 Å². The van der Waals surface area contributed by atoms with Crippen molar-refractivity contribution in [2.45, 2.75) is 177 Å². The number of carboxylic acids is 2. The molecule has 0 aromatic heterocycles. The maximum absolute atomic E-state index is 13.0. The van der Waals surface area contributed by atoms with E-state index < -0.39 is 247 Å². The molecule has 0 aromatic rings. The van der Waals surface area contributed by atoms with E-state index in [0.717, 1.165) is 0 Å². The molecule has 0 radical (unpaired) electrons. The van der Waals surface area contributed by atoms with Crippen molar-refractivity contribution in [1.29, 1.82) is 0 Å². The molecule has 0 bridgehead atoms. The van der Waals surface area contributed by atoms with E-state index in [1.165, 1.54) is 0 Å². The van der Waals surface area contributed by atoms with Gasteiger partial charge in [0.15, 0.2) is 18.9 Å². The summed E-state index contributed by atoms with van der Waals surface area (Å²) in [5.41, 5.74) is 0. The van der Waals surface area contributed by atoms with Crippen LogP contribution in [0.1, 0.15) is 12.8 Å². The minimum Gasteiger partial charge on any atom is -0.477 e. The topological polar surface area (TPSA) is 600 Å². The first-order chi connectivity index (χ1) is 35.7. The quantitative estimate of drug-likeness (QED) is 0.0452. The molecule has 36 nitrogen and oxygen atoms in total. The summed E-state index contributed by atoms with van der Waals surface area (Å²) < 4.78 is 50.1. The molecule has 0 spiro atoms. The monoisotopic (exact) mass is 1120 g/mol. The van der Waals surface area contributed by atoms with Gasteiger partial charge >= 0.3 is 11.9 Å². The van der Waals surface area contributed by atoms with Gasteiger partial charge in [0.2, 0.25) is 11.8 Å². The number of aliphatic carboxylic acids is 2. The Morgan fingerprint density at radius 2 is 0.961 bits per heavy atom. The summed E-state index contributed by atoms with van der Waals surface area (Å²) in [7, 11) is 0. The lowest BCUT2D eigenvalue weighted by molar-refractivity contribution is -0.396. The Bertz CT molecular complexity index is 1910. The van der Waals surface area contributed by atoms with Crippen LogP contribution in [0, 0.1) is 0 Å². The van der Waals surface area contributed by atoms with Crippen molar-refractivity contribution in [2.75, 3.05) is 46.2 Å². The number of carbonyl (C=O) groups is 4. The maximum atomic E-state index is 13.0. The summed E-state index contributed by atoms with van der Waals surface area (Å²) in [5, 5.41) is 226. The number of hydrogen-bond acceptors (Lipinski definition) is 32. The fourth-order valence-electron chi connectivity index (χ4n) is 9.12. The molecule has 0 saturated carbocycles. The van der Waals surface area contributed by atoms with Gasteiger partial charge in [-0.1, -0.05) is 0 Å². The van der Waals surface area contributed by atoms with Gasteiger partial charge in [-0.25, -0.2) is 9.59 Å². The molecule has 5 rings (SSSR count). The first-order valence-corrected chi connectivity index (χ1v) is 23.2. The highest BCUT2D eigenvalue weighted by Crippen LogP contribution is 2.40. The van der Waals surface area contributed by atoms with Crippen LogP contribution >= 0.6 is 0 Å². The SMILES string of the molecule is O=C(CO)N[C@H]1[C@H]([C@H](O)[C@H](O)CO)O[C@@](OC[C@H]2O[C@@H](O[C@H]3[C@H](O)[C@@H](O)C(O)O[C@@H]3CO)[C@H](O)[C@@H](O[C@@H]3O[C@H](CO)[C@H](O)[C@H](O[C@]4(C(=O)O)C[C@H](O)[C@@H](NC(=O)CO)[C@H]([C@H](O)[C@H](O)CO)O4)[C@H]3O)[C@H]2O)(C(=O)O)C[C@@H]1O. The van der Waals surface area contributed by atoms with Crippen LogP contribution in [-0.4, -0.2) is 342 Å². The highest BCUT2D eigenvalue weighted by molar-refractivity contribution is 5.79. The largest absolute Gasteiger partial charge is 0.477 e. The lowest BCUT2D eigenvalue weighted by atomic mass is 9.88. The molecule has 5 aliphatic rings. The van der Waals surface area contributed by atoms with Gasteiger partial charge in [0, 0.05) is 12.8 Å². The Morgan fingerprint density at radius 3 is 1.42 bits per heavy atom. The van der Waals surface area contributed by atoms with Gasteiger partial charge in [0.05, 0.1) is 57.3 Å². The van der Waals surface area contributed by atoms with Crippen molar-refractivity contribution in [3.05, 3.63) is 0 Å². The van der Waals surface area contributed by atoms with E-state index in [1.807, 2.05) is 5.32 Å². The van der Waals surface area contributed by atoms with E-state index in [1.54, 1.807) is 0 Å². The molecular formula is C40H66N2O34. The van der Waals surface area contributed by atoms with Crippen molar-refractivity contribution < 1.29 is 169 Å². The Hall–Kier alpha value is -3.24. The fraction of sp³-hybridized carbons (Fsp3) is 0.900. The number of rotatable bonds is 23. The number of aliphatic hydroxyl groups excluding tert-OH is 19. The van der Waals surface area contributed by atoms with Gasteiger partial charge in [0.25, 0.3) is 11.6 Å². The van der Waals surface area contributed by atoms with Crippen LogP contribution in [0.15, 0.2) is 0 Å². The summed E-state index contributed by atoms with van der Waals surface area (Å²) in [4.78, 5) is 50.3. The second kappa shape index (κ2) is 26.8. The zero-order valence-corrected chi connectivity index (χ0v) is 39.5. The molecule has 5 heterocycles. The van der Waals surface area contributed by atoms with Crippen LogP contribution in [0.25, 0.3) is 0 Å². The Balaban J connectivity index is 1.51. The summed E-state index contributed by atoms with van der Waals surface area (Å²) in [5.74, 6) is -13.2. The van der Waals surface area contributed by atoms with Crippen LogP contribution in [0.2, 0.25) is 0 Å². The zero-order chi connectivity index (χ0) is 56.9. The van der Waals surface area contributed by atoms with E-state index in [0.29, 0.717) is 0 Å². The van der Waals surface area contributed by atoms with Crippen LogP contribution in [-0.2, 0) is 61.8 Å². The molecule has 0 aromatic carbocycles. The first kappa shape index (κ1) is 63.6. The number of ether oxygens (including phenoxy) is 9. The second-order valence-corrected chi connectivity index (χ2v) is 18.4. The minimum absolute atomic E-state index is 1.07. The average molecular weight is 1120 g/mol. The first-order valence-electron chi connectivity index (χ1n) is 23.2. The molecule has 440 valence electrons. The summed E-state index contributed by atoms with van der Waals surface area (Å²) in [6.45, 7) is -8.48. The third-order valence-corrected chi connectivity index (χ3v) is 13.3. The summed E-state index contributed by atoms with van der Waals surface area (Å²) in [6.07, 6.45) is -54.1. The molecule has 23 N–H and O–H groups in total. The number of amides is 2. The minimum atomic E-state index is -3.34. The number of nitrogens with one attached hydrogen (secondary N) is 2. The molecule has 27 atom stereocenters. The average Bonchev–Trinajstić information content (AvgIpc) is 3.39. The third kappa shape index (κ3) is 13.5. The molecule has 5 fully saturated rings. The molecule has 36 heteroatoms. The van der Waals surface area contributed by atoms with Crippen LogP contribution in [0.5, 0.6) is 0 Å². The molecule has 2 amide bonds. The zero-order valence-electron chi connectivity index (χ0n) is 39.5. The highest BCUT2D eigenvalue weighted by atomic mass is 16.8. The number of hydrogen-bond donors (Lipinski definition) is 23. The highest BCUT2D eigenvalue weighted by Gasteiger charge is 2.62. The molecule has 5 aliphatic heterocycles. The van der Waals surface area contributed by atoms with Crippen molar-refractivity contribution in [3.63, 3.8) is 0 Å². The molecule has 1 unspecified atom stereocenters. The number of carbonyl (C=O) groups excluding carboxylic acids is 2. The standard InChI is InChI=1S/C40H66N2O34/c43-3-12(51)21(55)30-19(41-17(53)7-47)10(49)1-39(74-30,37(64)65)68-9-16-24(58)32(27(61)35(71-16)72-29-15(6-46)69-34(63)26(60)25(29)59)73-36-28(62)33(23(57)14(5-45)70-36)76-40(38(66)67)2-11(50)20(42-18(54)8-48)31(75-40)22(56)13(52)4-44/h10-16,19-36,43-52,55-63H,1-9H2,(H,41,53)(H,42,54)(H,64,65)(H,66,67)/t10-,11-,12+,13+,14+,15+,16+,19+,20+,21+,22+,23-,24-,25+,26+,27+,28+,29+,30+,31+,32-,33-,34?,35-,36-,39+,40-/m0/s1. The predicted octanol–water partition coefficient (Wildman–Crippen LogP) is -15.3. The van der Waals surface area contributed by atoms with Crippen molar-refractivity contribution >= 4 is 23.8 Å². The molecule has 5 saturated heterocycles. The molecule has 76 heavy (non-hydrogen) atoms. The lowest BCUT2D eigenvalue weighted by Gasteiger charge is -2.51. The van der Waals surface area contributed by atoms with Crippen molar-refractivity contribution in [2.24, 2.45) is 0 Å². The van der Waals surface area contributed by atoms with Gasteiger partial charge in [0.1, 0.15) is 123 Å². The van der Waals surface area contributed by atoms with E-state index in [-0.39, 0.29) is 0 Å². The third-order valence-electron chi connectivity index (χ3n) is 13.3. The van der Waals surface area contributed by atoms with Crippen LogP contribution < -0.4 is 10.6 Å². The predicted molar refractivity (Wildman–Crippen MR) is 227 cm³/mol. The van der Waals surface area contributed by atoms with Crippen molar-refractivity contribution in [3.8, 4) is 0 Å². The summed E-state index contributed by atoms with van der Waals surface area (Å²) >= 11 is 0. The van der Waals surface area contributed by atoms with Gasteiger partial charge in [-0.2, -0.15) is 0 Å². The maximum Gasteiger partial charge on any atom is 0.364 e. The number of carboxylic acid groups (broad SMARTS) is 2. The smallest absolute Gasteiger partial charge is 0.364 e. The van der Waals surface area contributed by atoms with E-state index in [4.69, 9.17) is 42.6 Å². The van der Waals surface area contributed by atoms with Crippen molar-refractivity contribution in [1.82, 2.24) is 10.6 Å². The second-order valence-electron chi connectivity index (χ2n) is 18.4. The summed E-state index contributed by atoms with van der Waals surface area (Å²) in [6, 6.07) is -3.70. The van der Waals surface area contributed by atoms with Crippen LogP contribution in [0.3, 0.4) is 0 Å². The van der Waals surface area contributed by atoms with Crippen LogP contribution in [0.4, 0.5) is 0 Å². The van der Waals surface area contributed by atoms with Gasteiger partial charge < -0.3 is 161 Å². The van der Waals surface area contributed by atoms with E-state index in [2.05, 4.69) is 5.32 Å². The van der Waals surface area contributed by atoms with Gasteiger partial charge in [-0.3, -0.25) is 9.59 Å². The van der Waals surface area contributed by atoms with Gasteiger partial charge in [-0.15, -0.1) is 0 Å².